The molecule has 20 heavy (non-hydrogen) atoms. The summed E-state index contributed by atoms with van der Waals surface area (Å²) in [6, 6.07) is -0.0863. The van der Waals surface area contributed by atoms with Gasteiger partial charge in [0.25, 0.3) is 0 Å². The van der Waals surface area contributed by atoms with Gasteiger partial charge in [0, 0.05) is 38.8 Å². The molecule has 2 atom stereocenters. The number of nitrogens with one attached hydrogen (secondary N) is 1. The molecule has 118 valence electrons. The molecule has 0 saturated carbocycles. The van der Waals surface area contributed by atoms with Gasteiger partial charge in [0.2, 0.25) is 5.91 Å². The van der Waals surface area contributed by atoms with Crippen LogP contribution in [-0.4, -0.2) is 67.1 Å². The highest BCUT2D eigenvalue weighted by Gasteiger charge is 2.28. The van der Waals surface area contributed by atoms with Gasteiger partial charge in [0.1, 0.15) is 0 Å². The maximum absolute atomic E-state index is 12.0. The Hall–Kier alpha value is -0.650. The zero-order valence-electron chi connectivity index (χ0n) is 13.8. The third-order valence-corrected chi connectivity index (χ3v) is 4.26. The van der Waals surface area contributed by atoms with Crippen molar-refractivity contribution in [1.82, 2.24) is 15.1 Å². The molecule has 1 unspecified atom stereocenters. The minimum atomic E-state index is -0.452. The van der Waals surface area contributed by atoms with E-state index in [1.54, 1.807) is 0 Å². The van der Waals surface area contributed by atoms with Crippen LogP contribution >= 0.6 is 0 Å². The third-order valence-electron chi connectivity index (χ3n) is 4.26. The van der Waals surface area contributed by atoms with Crippen LogP contribution in [0.1, 0.15) is 34.6 Å². The Morgan fingerprint density at radius 3 is 2.25 bits per heavy atom. The normalized spacial score (nSPS) is 21.5. The Kier molecular flexibility index (Phi) is 6.43. The second kappa shape index (κ2) is 7.38. The van der Waals surface area contributed by atoms with Crippen LogP contribution in [0.3, 0.4) is 0 Å². The van der Waals surface area contributed by atoms with E-state index >= 15 is 0 Å². The maximum atomic E-state index is 12.0. The lowest BCUT2D eigenvalue weighted by atomic mass is 9.87. The van der Waals surface area contributed by atoms with Crippen LogP contribution in [0, 0.1) is 5.41 Å². The molecule has 1 fully saturated rings. The summed E-state index contributed by atoms with van der Waals surface area (Å²) in [6.45, 7) is 16.5. The van der Waals surface area contributed by atoms with Crippen LogP contribution in [0.4, 0.5) is 0 Å². The van der Waals surface area contributed by atoms with Crippen molar-refractivity contribution in [3.05, 3.63) is 0 Å². The molecule has 0 aromatic rings. The van der Waals surface area contributed by atoms with Gasteiger partial charge < -0.3 is 16.0 Å². The molecule has 1 aliphatic heterocycles. The van der Waals surface area contributed by atoms with Crippen molar-refractivity contribution in [3.8, 4) is 0 Å². The lowest BCUT2D eigenvalue weighted by molar-refractivity contribution is -0.124. The standard InChI is InChI=1S/C15H32N4O/c1-6-18-7-9-19(10-8-18)12(2)11-17-14(20)13(16)15(3,4)5/h12-13H,6-11,16H2,1-5H3,(H,17,20)/t12?,13-/m1/s1. The number of hydrogen-bond acceptors (Lipinski definition) is 4. The average molecular weight is 284 g/mol. The van der Waals surface area contributed by atoms with Gasteiger partial charge in [-0.25, -0.2) is 0 Å². The molecule has 1 amide bonds. The molecule has 0 bridgehead atoms. The fourth-order valence-electron chi connectivity index (χ4n) is 2.40. The highest BCUT2D eigenvalue weighted by Crippen LogP contribution is 2.17. The SMILES string of the molecule is CCN1CCN(C(C)CNC(=O)[C@@H](N)C(C)(C)C)CC1. The molecule has 0 radical (unpaired) electrons. The molecule has 3 N–H and O–H groups in total. The Balaban J connectivity index is 2.33. The van der Waals surface area contributed by atoms with Crippen molar-refractivity contribution in [2.45, 2.75) is 46.7 Å². The van der Waals surface area contributed by atoms with Crippen molar-refractivity contribution in [3.63, 3.8) is 0 Å². The van der Waals surface area contributed by atoms with Gasteiger partial charge >= 0.3 is 0 Å². The first-order valence-electron chi connectivity index (χ1n) is 7.75. The predicted molar refractivity (Wildman–Crippen MR) is 83.6 cm³/mol. The second-order valence-electron chi connectivity index (χ2n) is 6.91. The summed E-state index contributed by atoms with van der Waals surface area (Å²) >= 11 is 0. The summed E-state index contributed by atoms with van der Waals surface area (Å²) < 4.78 is 0. The number of likely N-dealkylation sites (N-methyl/N-ethyl adjacent to an activating group) is 1. The topological polar surface area (TPSA) is 61.6 Å². The molecule has 0 aromatic carbocycles. The van der Waals surface area contributed by atoms with Gasteiger partial charge in [-0.15, -0.1) is 0 Å². The predicted octanol–water partition coefficient (Wildman–Crippen LogP) is 0.502. The smallest absolute Gasteiger partial charge is 0.237 e. The second-order valence-corrected chi connectivity index (χ2v) is 6.91. The summed E-state index contributed by atoms with van der Waals surface area (Å²) in [7, 11) is 0. The third kappa shape index (κ3) is 5.04. The van der Waals surface area contributed by atoms with Crippen LogP contribution in [-0.2, 0) is 4.79 Å². The van der Waals surface area contributed by atoms with Crippen LogP contribution in [0.25, 0.3) is 0 Å². The van der Waals surface area contributed by atoms with E-state index in [4.69, 9.17) is 5.73 Å². The van der Waals surface area contributed by atoms with E-state index in [-0.39, 0.29) is 11.3 Å². The zero-order chi connectivity index (χ0) is 15.3. The van der Waals surface area contributed by atoms with Crippen molar-refractivity contribution in [1.29, 1.82) is 0 Å². The monoisotopic (exact) mass is 284 g/mol. The molecule has 0 spiro atoms. The van der Waals surface area contributed by atoms with E-state index in [1.807, 2.05) is 20.8 Å². The lowest BCUT2D eigenvalue weighted by Crippen LogP contribution is -2.54. The van der Waals surface area contributed by atoms with Gasteiger partial charge in [-0.3, -0.25) is 9.69 Å². The average Bonchev–Trinajstić information content (AvgIpc) is 2.42. The van der Waals surface area contributed by atoms with E-state index < -0.39 is 6.04 Å². The molecule has 1 aliphatic rings. The number of piperazine rings is 1. The largest absolute Gasteiger partial charge is 0.353 e. The molecule has 0 aliphatic carbocycles. The summed E-state index contributed by atoms with van der Waals surface area (Å²) in [5, 5.41) is 2.99. The van der Waals surface area contributed by atoms with Crippen LogP contribution in [0.2, 0.25) is 0 Å². The molecule has 0 aromatic heterocycles. The highest BCUT2D eigenvalue weighted by molar-refractivity contribution is 5.82. The first-order valence-corrected chi connectivity index (χ1v) is 7.75. The number of hydrogen-bond donors (Lipinski definition) is 2. The summed E-state index contributed by atoms with van der Waals surface area (Å²) in [6.07, 6.45) is 0. The van der Waals surface area contributed by atoms with E-state index in [1.165, 1.54) is 0 Å². The Labute approximate surface area is 123 Å². The summed E-state index contributed by atoms with van der Waals surface area (Å²) in [5.74, 6) is -0.0449. The number of carbonyl (C=O) groups is 1. The van der Waals surface area contributed by atoms with Crippen LogP contribution in [0.15, 0.2) is 0 Å². The first kappa shape index (κ1) is 17.4. The van der Waals surface area contributed by atoms with Gasteiger partial charge in [0.15, 0.2) is 0 Å². The number of nitrogens with zero attached hydrogens (tertiary/aromatic N) is 2. The van der Waals surface area contributed by atoms with Gasteiger partial charge in [-0.2, -0.15) is 0 Å². The molecule has 1 heterocycles. The fraction of sp³-hybridized carbons (Fsp3) is 0.933. The Morgan fingerprint density at radius 1 is 1.25 bits per heavy atom. The number of carbonyl (C=O) groups excluding carboxylic acids is 1. The Bertz CT molecular complexity index is 305. The quantitative estimate of drug-likeness (QED) is 0.772. The van der Waals surface area contributed by atoms with Crippen LogP contribution < -0.4 is 11.1 Å². The van der Waals surface area contributed by atoms with Crippen molar-refractivity contribution < 1.29 is 4.79 Å². The van der Waals surface area contributed by atoms with Crippen LogP contribution in [0.5, 0.6) is 0 Å². The van der Waals surface area contributed by atoms with Crippen molar-refractivity contribution in [2.75, 3.05) is 39.3 Å². The molecular weight excluding hydrogens is 252 g/mol. The summed E-state index contributed by atoms with van der Waals surface area (Å²) in [5.41, 5.74) is 5.77. The fourth-order valence-corrected chi connectivity index (χ4v) is 2.40. The Morgan fingerprint density at radius 2 is 1.80 bits per heavy atom. The molecular formula is C15H32N4O. The lowest BCUT2D eigenvalue weighted by Gasteiger charge is -2.38. The minimum Gasteiger partial charge on any atom is -0.353 e. The highest BCUT2D eigenvalue weighted by atomic mass is 16.2. The first-order chi connectivity index (χ1) is 9.25. The minimum absolute atomic E-state index is 0.0449. The number of nitrogens with two attached hydrogens (primary N) is 1. The van der Waals surface area contributed by atoms with E-state index in [2.05, 4.69) is 29.0 Å². The maximum Gasteiger partial charge on any atom is 0.237 e. The molecule has 5 nitrogen and oxygen atoms in total. The van der Waals surface area contributed by atoms with Gasteiger partial charge in [0.05, 0.1) is 6.04 Å². The number of amides is 1. The van der Waals surface area contributed by atoms with E-state index in [9.17, 15) is 4.79 Å². The number of rotatable bonds is 5. The summed E-state index contributed by atoms with van der Waals surface area (Å²) in [4.78, 5) is 16.9. The zero-order valence-corrected chi connectivity index (χ0v) is 13.8. The molecule has 1 rings (SSSR count). The van der Waals surface area contributed by atoms with E-state index in [0.717, 1.165) is 32.7 Å². The van der Waals surface area contributed by atoms with Crippen molar-refractivity contribution >= 4 is 5.91 Å². The van der Waals surface area contributed by atoms with Gasteiger partial charge in [-0.05, 0) is 18.9 Å². The molecule has 5 heteroatoms. The van der Waals surface area contributed by atoms with Gasteiger partial charge in [-0.1, -0.05) is 27.7 Å². The van der Waals surface area contributed by atoms with E-state index in [0.29, 0.717) is 12.6 Å². The molecule has 1 saturated heterocycles. The van der Waals surface area contributed by atoms with Crippen molar-refractivity contribution in [2.24, 2.45) is 11.1 Å².